The van der Waals surface area contributed by atoms with Crippen LogP contribution < -0.4 is 10.2 Å². The predicted octanol–water partition coefficient (Wildman–Crippen LogP) is 2.41. The molecule has 5 nitrogen and oxygen atoms in total. The number of carbonyl (C=O) groups excluding carboxylic acids is 1. The van der Waals surface area contributed by atoms with Gasteiger partial charge < -0.3 is 15.0 Å². The Bertz CT molecular complexity index is 751. The van der Waals surface area contributed by atoms with E-state index in [4.69, 9.17) is 4.74 Å². The molecule has 5 rings (SSSR count). The Balaban J connectivity index is 1.22. The molecular weight excluding hydrogens is 357 g/mol. The number of nitrogens with one attached hydrogen (secondary N) is 1. The Labute approximate surface area is 166 Å². The topological polar surface area (TPSA) is 44.8 Å². The maximum Gasteiger partial charge on any atom is 0.216 e. The lowest BCUT2D eigenvalue weighted by Gasteiger charge is -2.38. The first-order valence-corrected chi connectivity index (χ1v) is 10.7. The lowest BCUT2D eigenvalue weighted by atomic mass is 9.73. The van der Waals surface area contributed by atoms with Crippen molar-refractivity contribution in [3.8, 4) is 0 Å². The molecule has 4 aliphatic rings. The predicted molar refractivity (Wildman–Crippen MR) is 106 cm³/mol. The van der Waals surface area contributed by atoms with Crippen molar-refractivity contribution in [2.45, 2.75) is 50.4 Å². The van der Waals surface area contributed by atoms with E-state index in [9.17, 15) is 9.18 Å². The van der Waals surface area contributed by atoms with Crippen LogP contribution in [0.5, 0.6) is 0 Å². The van der Waals surface area contributed by atoms with E-state index in [1.54, 1.807) is 19.1 Å². The first-order valence-electron chi connectivity index (χ1n) is 10.7. The van der Waals surface area contributed by atoms with E-state index in [-0.39, 0.29) is 17.3 Å². The second-order valence-electron chi connectivity index (χ2n) is 9.07. The molecule has 0 aliphatic carbocycles. The van der Waals surface area contributed by atoms with Gasteiger partial charge in [0.2, 0.25) is 5.91 Å². The molecule has 4 aliphatic heterocycles. The lowest BCUT2D eigenvalue weighted by Crippen LogP contribution is -2.45. The van der Waals surface area contributed by atoms with Gasteiger partial charge in [0.15, 0.2) is 0 Å². The van der Waals surface area contributed by atoms with Crippen LogP contribution in [0.2, 0.25) is 0 Å². The van der Waals surface area contributed by atoms with E-state index < -0.39 is 0 Å². The summed E-state index contributed by atoms with van der Waals surface area (Å²) < 4.78 is 20.6. The third-order valence-corrected chi connectivity index (χ3v) is 7.57. The summed E-state index contributed by atoms with van der Waals surface area (Å²) in [5.41, 5.74) is 0.742. The Hall–Kier alpha value is -1.66. The van der Waals surface area contributed by atoms with E-state index >= 15 is 0 Å². The molecule has 0 saturated carbocycles. The monoisotopic (exact) mass is 387 g/mol. The van der Waals surface area contributed by atoms with Gasteiger partial charge in [-0.25, -0.2) is 4.39 Å². The van der Waals surface area contributed by atoms with Gasteiger partial charge in [0.25, 0.3) is 0 Å². The summed E-state index contributed by atoms with van der Waals surface area (Å²) in [6.45, 7) is 6.23. The van der Waals surface area contributed by atoms with Crippen LogP contribution in [0.15, 0.2) is 24.3 Å². The zero-order valence-corrected chi connectivity index (χ0v) is 16.6. The van der Waals surface area contributed by atoms with Gasteiger partial charge in [0, 0.05) is 57.5 Å². The fourth-order valence-corrected chi connectivity index (χ4v) is 6.22. The third-order valence-electron chi connectivity index (χ3n) is 7.57. The fourth-order valence-electron chi connectivity index (χ4n) is 6.22. The quantitative estimate of drug-likeness (QED) is 0.862. The van der Waals surface area contributed by atoms with E-state index in [1.807, 2.05) is 12.1 Å². The zero-order chi connectivity index (χ0) is 19.3. The molecule has 0 aromatic heterocycles. The maximum absolute atomic E-state index is 14.1. The number of likely N-dealkylation sites (tertiary alicyclic amines) is 1. The van der Waals surface area contributed by atoms with Crippen molar-refractivity contribution in [1.29, 1.82) is 0 Å². The van der Waals surface area contributed by atoms with Crippen LogP contribution >= 0.6 is 0 Å². The number of halogens is 1. The Morgan fingerprint density at radius 3 is 2.82 bits per heavy atom. The SMILES string of the molecule is CC(=O)NC[C@H]1[C@H]2CN(C3CCN(c4ccccc4F)CC3)C[C@]23CC[C@H]1O3. The van der Waals surface area contributed by atoms with Crippen molar-refractivity contribution in [3.05, 3.63) is 30.1 Å². The highest BCUT2D eigenvalue weighted by Gasteiger charge is 2.63. The minimum Gasteiger partial charge on any atom is -0.370 e. The van der Waals surface area contributed by atoms with E-state index in [0.717, 1.165) is 64.1 Å². The molecule has 1 aromatic carbocycles. The number of piperidine rings is 1. The van der Waals surface area contributed by atoms with E-state index in [1.165, 1.54) is 0 Å². The molecule has 4 atom stereocenters. The summed E-state index contributed by atoms with van der Waals surface area (Å²) in [4.78, 5) is 16.2. The van der Waals surface area contributed by atoms with E-state index in [2.05, 4.69) is 15.1 Å². The normalized spacial score (nSPS) is 35.4. The van der Waals surface area contributed by atoms with Crippen LogP contribution in [-0.2, 0) is 9.53 Å². The molecule has 4 fully saturated rings. The molecule has 2 bridgehead atoms. The van der Waals surface area contributed by atoms with Crippen molar-refractivity contribution < 1.29 is 13.9 Å². The Kier molecular flexibility index (Phi) is 4.59. The van der Waals surface area contributed by atoms with Crippen molar-refractivity contribution in [2.75, 3.05) is 37.6 Å². The molecule has 1 spiro atoms. The Morgan fingerprint density at radius 2 is 2.07 bits per heavy atom. The van der Waals surface area contributed by atoms with Crippen LogP contribution in [0.3, 0.4) is 0 Å². The van der Waals surface area contributed by atoms with Gasteiger partial charge >= 0.3 is 0 Å². The standard InChI is InChI=1S/C22H30FN3O2/c1-15(27)24-12-17-18-13-26(14-22(18)9-6-21(17)28-22)16-7-10-25(11-8-16)20-5-3-2-4-19(20)23/h2-5,16-18,21H,6-14H2,1H3,(H,24,27)/t17-,18+,21+,22+/m0/s1. The van der Waals surface area contributed by atoms with Crippen LogP contribution in [0.4, 0.5) is 10.1 Å². The average molecular weight is 387 g/mol. The van der Waals surface area contributed by atoms with Gasteiger partial charge in [0.05, 0.1) is 17.4 Å². The number of hydrogen-bond acceptors (Lipinski definition) is 4. The van der Waals surface area contributed by atoms with Crippen molar-refractivity contribution in [1.82, 2.24) is 10.2 Å². The number of benzene rings is 1. The molecule has 1 aromatic rings. The van der Waals surface area contributed by atoms with Crippen LogP contribution in [-0.4, -0.2) is 61.3 Å². The maximum atomic E-state index is 14.1. The minimum absolute atomic E-state index is 0.0104. The summed E-state index contributed by atoms with van der Waals surface area (Å²) >= 11 is 0. The molecule has 28 heavy (non-hydrogen) atoms. The summed E-state index contributed by atoms with van der Waals surface area (Å²) in [7, 11) is 0. The van der Waals surface area contributed by atoms with Crippen molar-refractivity contribution >= 4 is 11.6 Å². The average Bonchev–Trinajstić information content (AvgIpc) is 3.35. The van der Waals surface area contributed by atoms with Gasteiger partial charge in [-0.3, -0.25) is 9.69 Å². The lowest BCUT2D eigenvalue weighted by molar-refractivity contribution is -0.119. The first kappa shape index (κ1) is 18.4. The van der Waals surface area contributed by atoms with Crippen molar-refractivity contribution in [2.24, 2.45) is 11.8 Å². The largest absolute Gasteiger partial charge is 0.370 e. The van der Waals surface area contributed by atoms with Gasteiger partial charge in [-0.05, 0) is 37.8 Å². The summed E-state index contributed by atoms with van der Waals surface area (Å²) in [5, 5.41) is 3.03. The molecule has 152 valence electrons. The molecule has 1 amide bonds. The molecule has 4 heterocycles. The third kappa shape index (κ3) is 3.01. The summed E-state index contributed by atoms with van der Waals surface area (Å²) in [6, 6.07) is 7.64. The second kappa shape index (κ2) is 6.99. The van der Waals surface area contributed by atoms with Crippen LogP contribution in [0, 0.1) is 17.7 Å². The number of carbonyl (C=O) groups is 1. The van der Waals surface area contributed by atoms with Gasteiger partial charge in [-0.1, -0.05) is 12.1 Å². The first-order chi connectivity index (χ1) is 13.6. The van der Waals surface area contributed by atoms with Crippen molar-refractivity contribution in [3.63, 3.8) is 0 Å². The van der Waals surface area contributed by atoms with Crippen LogP contribution in [0.25, 0.3) is 0 Å². The second-order valence-corrected chi connectivity index (χ2v) is 9.07. The number of hydrogen-bond donors (Lipinski definition) is 1. The smallest absolute Gasteiger partial charge is 0.216 e. The molecule has 0 unspecified atom stereocenters. The number of fused-ring (bicyclic) bond motifs is 1. The summed E-state index contributed by atoms with van der Waals surface area (Å²) in [5.74, 6) is 0.901. The van der Waals surface area contributed by atoms with Gasteiger partial charge in [0.1, 0.15) is 5.82 Å². The molecule has 1 N–H and O–H groups in total. The van der Waals surface area contributed by atoms with E-state index in [0.29, 0.717) is 24.0 Å². The highest BCUT2D eigenvalue weighted by atomic mass is 19.1. The number of ether oxygens (including phenoxy) is 1. The number of nitrogens with zero attached hydrogens (tertiary/aromatic N) is 2. The van der Waals surface area contributed by atoms with Crippen LogP contribution in [0.1, 0.15) is 32.6 Å². The molecule has 4 saturated heterocycles. The number of rotatable bonds is 4. The zero-order valence-electron chi connectivity index (χ0n) is 16.6. The van der Waals surface area contributed by atoms with Gasteiger partial charge in [-0.2, -0.15) is 0 Å². The number of para-hydroxylation sites is 1. The highest BCUT2D eigenvalue weighted by Crippen LogP contribution is 2.55. The fraction of sp³-hybridized carbons (Fsp3) is 0.682. The Morgan fingerprint density at radius 1 is 1.29 bits per heavy atom. The summed E-state index contributed by atoms with van der Waals surface area (Å²) in [6.07, 6.45) is 4.74. The minimum atomic E-state index is -0.123. The molecule has 0 radical (unpaired) electrons. The molecular formula is C22H30FN3O2. The molecule has 6 heteroatoms. The highest BCUT2D eigenvalue weighted by molar-refractivity contribution is 5.72. The van der Waals surface area contributed by atoms with Gasteiger partial charge in [-0.15, -0.1) is 0 Å². The number of amides is 1. The number of anilines is 1.